The quantitative estimate of drug-likeness (QED) is 0.749. The molecule has 112 valence electrons. The third kappa shape index (κ3) is 4.35. The van der Waals surface area contributed by atoms with Gasteiger partial charge in [-0.05, 0) is 56.2 Å². The minimum absolute atomic E-state index is 0.688. The molecule has 0 atom stereocenters. The van der Waals surface area contributed by atoms with Gasteiger partial charge in [0.1, 0.15) is 11.5 Å². The molecule has 1 aromatic heterocycles. The zero-order chi connectivity index (χ0) is 13.9. The Bertz CT molecular complexity index is 418. The Hall–Kier alpha value is -0.800. The number of hydrogen-bond acceptors (Lipinski definition) is 3. The molecular formula is C17H28N2O. The Labute approximate surface area is 122 Å². The zero-order valence-electron chi connectivity index (χ0n) is 12.9. The Balaban J connectivity index is 1.47. The number of hydrogen-bond donors (Lipinski definition) is 1. The van der Waals surface area contributed by atoms with Crippen molar-refractivity contribution < 1.29 is 4.42 Å². The molecule has 2 saturated carbocycles. The van der Waals surface area contributed by atoms with Gasteiger partial charge in [-0.25, -0.2) is 0 Å². The van der Waals surface area contributed by atoms with E-state index in [1.165, 1.54) is 32.2 Å². The van der Waals surface area contributed by atoms with Gasteiger partial charge in [-0.1, -0.05) is 13.8 Å². The lowest BCUT2D eigenvalue weighted by molar-refractivity contribution is 0.222. The first-order valence-corrected chi connectivity index (χ1v) is 8.23. The highest BCUT2D eigenvalue weighted by Crippen LogP contribution is 2.35. The highest BCUT2D eigenvalue weighted by atomic mass is 16.3. The minimum Gasteiger partial charge on any atom is -0.463 e. The van der Waals surface area contributed by atoms with Gasteiger partial charge in [-0.2, -0.15) is 0 Å². The van der Waals surface area contributed by atoms with Gasteiger partial charge in [0.2, 0.25) is 0 Å². The van der Waals surface area contributed by atoms with Crippen molar-refractivity contribution in [2.24, 2.45) is 11.8 Å². The van der Waals surface area contributed by atoms with Crippen LogP contribution in [-0.2, 0) is 13.1 Å². The molecule has 0 bridgehead atoms. The van der Waals surface area contributed by atoms with Crippen LogP contribution in [-0.4, -0.2) is 24.0 Å². The average Bonchev–Trinajstić information content (AvgIpc) is 3.29. The Morgan fingerprint density at radius 3 is 2.60 bits per heavy atom. The second-order valence-corrected chi connectivity index (χ2v) is 7.00. The van der Waals surface area contributed by atoms with Crippen molar-refractivity contribution in [2.75, 3.05) is 13.1 Å². The molecule has 0 amide bonds. The molecule has 20 heavy (non-hydrogen) atoms. The first kappa shape index (κ1) is 14.2. The molecule has 0 aliphatic heterocycles. The van der Waals surface area contributed by atoms with E-state index < -0.39 is 0 Å². The Morgan fingerprint density at radius 2 is 1.95 bits per heavy atom. The third-order valence-corrected chi connectivity index (χ3v) is 4.18. The van der Waals surface area contributed by atoms with E-state index in [0.717, 1.165) is 43.1 Å². The maximum absolute atomic E-state index is 5.97. The van der Waals surface area contributed by atoms with E-state index in [1.54, 1.807) is 0 Å². The van der Waals surface area contributed by atoms with Crippen molar-refractivity contribution in [3.8, 4) is 0 Å². The molecule has 3 nitrogen and oxygen atoms in total. The van der Waals surface area contributed by atoms with Crippen LogP contribution in [0.25, 0.3) is 0 Å². The van der Waals surface area contributed by atoms with E-state index in [0.29, 0.717) is 5.92 Å². The molecule has 0 aromatic carbocycles. The third-order valence-electron chi connectivity index (χ3n) is 4.18. The van der Waals surface area contributed by atoms with Crippen LogP contribution < -0.4 is 5.32 Å². The van der Waals surface area contributed by atoms with Gasteiger partial charge >= 0.3 is 0 Å². The standard InChI is InChI=1S/C17H28N2O/c1-13(2)9-18-10-16-7-8-17(20-16)12-19(15-5-6-15)11-14-3-4-14/h7-8,13-15,18H,3-6,9-12H2,1-2H3. The fourth-order valence-corrected chi connectivity index (χ4v) is 2.70. The number of nitrogens with one attached hydrogen (secondary N) is 1. The normalized spacial score (nSPS) is 19.2. The van der Waals surface area contributed by atoms with Crippen molar-refractivity contribution >= 4 is 0 Å². The first-order chi connectivity index (χ1) is 9.70. The summed E-state index contributed by atoms with van der Waals surface area (Å²) in [4.78, 5) is 2.64. The van der Waals surface area contributed by atoms with E-state index in [2.05, 4.69) is 36.2 Å². The second kappa shape index (κ2) is 6.31. The fourth-order valence-electron chi connectivity index (χ4n) is 2.70. The Morgan fingerprint density at radius 1 is 1.20 bits per heavy atom. The van der Waals surface area contributed by atoms with E-state index in [4.69, 9.17) is 4.42 Å². The van der Waals surface area contributed by atoms with Crippen molar-refractivity contribution in [2.45, 2.75) is 58.7 Å². The summed E-state index contributed by atoms with van der Waals surface area (Å²) >= 11 is 0. The topological polar surface area (TPSA) is 28.4 Å². The zero-order valence-corrected chi connectivity index (χ0v) is 12.9. The molecule has 0 radical (unpaired) electrons. The smallest absolute Gasteiger partial charge is 0.118 e. The summed E-state index contributed by atoms with van der Waals surface area (Å²) in [6.45, 7) is 8.64. The van der Waals surface area contributed by atoms with Crippen LogP contribution >= 0.6 is 0 Å². The lowest BCUT2D eigenvalue weighted by atomic mass is 10.2. The molecule has 2 aliphatic rings. The summed E-state index contributed by atoms with van der Waals surface area (Å²) in [5.41, 5.74) is 0. The summed E-state index contributed by atoms with van der Waals surface area (Å²) in [7, 11) is 0. The van der Waals surface area contributed by atoms with Gasteiger partial charge in [0.25, 0.3) is 0 Å². The highest BCUT2D eigenvalue weighted by Gasteiger charge is 2.33. The number of furan rings is 1. The lowest BCUT2D eigenvalue weighted by Gasteiger charge is -2.20. The molecule has 1 aromatic rings. The molecular weight excluding hydrogens is 248 g/mol. The van der Waals surface area contributed by atoms with E-state index >= 15 is 0 Å². The van der Waals surface area contributed by atoms with Crippen molar-refractivity contribution in [1.29, 1.82) is 0 Å². The van der Waals surface area contributed by atoms with Crippen LogP contribution in [0.5, 0.6) is 0 Å². The average molecular weight is 276 g/mol. The Kier molecular flexibility index (Phi) is 4.47. The van der Waals surface area contributed by atoms with Crippen molar-refractivity contribution in [3.05, 3.63) is 23.7 Å². The van der Waals surface area contributed by atoms with Crippen LogP contribution in [0.1, 0.15) is 51.1 Å². The monoisotopic (exact) mass is 276 g/mol. The molecule has 1 N–H and O–H groups in total. The minimum atomic E-state index is 0.688. The van der Waals surface area contributed by atoms with Gasteiger partial charge in [-0.15, -0.1) is 0 Å². The summed E-state index contributed by atoms with van der Waals surface area (Å²) < 4.78 is 5.97. The van der Waals surface area contributed by atoms with E-state index in [-0.39, 0.29) is 0 Å². The van der Waals surface area contributed by atoms with Gasteiger partial charge in [0, 0.05) is 12.6 Å². The highest BCUT2D eigenvalue weighted by molar-refractivity contribution is 5.08. The van der Waals surface area contributed by atoms with Gasteiger partial charge in [0.15, 0.2) is 0 Å². The predicted octanol–water partition coefficient (Wildman–Crippen LogP) is 3.40. The second-order valence-electron chi connectivity index (χ2n) is 7.00. The van der Waals surface area contributed by atoms with Crippen LogP contribution in [0, 0.1) is 11.8 Å². The largest absolute Gasteiger partial charge is 0.463 e. The van der Waals surface area contributed by atoms with Crippen LogP contribution in [0.2, 0.25) is 0 Å². The molecule has 3 heteroatoms. The van der Waals surface area contributed by atoms with Gasteiger partial charge in [-0.3, -0.25) is 4.90 Å². The molecule has 0 saturated heterocycles. The molecule has 0 unspecified atom stereocenters. The molecule has 2 aliphatic carbocycles. The lowest BCUT2D eigenvalue weighted by Crippen LogP contribution is -2.27. The fraction of sp³-hybridized carbons (Fsp3) is 0.765. The summed E-state index contributed by atoms with van der Waals surface area (Å²) in [5, 5.41) is 3.44. The summed E-state index contributed by atoms with van der Waals surface area (Å²) in [5.74, 6) is 3.87. The molecule has 3 rings (SSSR count). The van der Waals surface area contributed by atoms with Crippen molar-refractivity contribution in [3.63, 3.8) is 0 Å². The van der Waals surface area contributed by atoms with Crippen LogP contribution in [0.4, 0.5) is 0 Å². The van der Waals surface area contributed by atoms with E-state index in [1.807, 2.05) is 0 Å². The van der Waals surface area contributed by atoms with Crippen LogP contribution in [0.15, 0.2) is 16.5 Å². The molecule has 1 heterocycles. The van der Waals surface area contributed by atoms with Crippen LogP contribution in [0.3, 0.4) is 0 Å². The van der Waals surface area contributed by atoms with Crippen molar-refractivity contribution in [1.82, 2.24) is 10.2 Å². The number of nitrogens with zero attached hydrogens (tertiary/aromatic N) is 1. The maximum atomic E-state index is 5.97. The maximum Gasteiger partial charge on any atom is 0.118 e. The summed E-state index contributed by atoms with van der Waals surface area (Å²) in [6, 6.07) is 5.13. The predicted molar refractivity (Wildman–Crippen MR) is 81.4 cm³/mol. The van der Waals surface area contributed by atoms with Gasteiger partial charge < -0.3 is 9.73 Å². The first-order valence-electron chi connectivity index (χ1n) is 8.23. The SMILES string of the molecule is CC(C)CNCc1ccc(CN(CC2CC2)C2CC2)o1. The van der Waals surface area contributed by atoms with Gasteiger partial charge in [0.05, 0.1) is 13.1 Å². The number of rotatable bonds is 9. The van der Waals surface area contributed by atoms with E-state index in [9.17, 15) is 0 Å². The molecule has 0 spiro atoms. The summed E-state index contributed by atoms with van der Waals surface area (Å²) in [6.07, 6.45) is 5.64. The molecule has 2 fully saturated rings.